The normalized spacial score (nSPS) is 13.1. The van der Waals surface area contributed by atoms with Gasteiger partial charge >= 0.3 is 0 Å². The molecule has 2 heterocycles. The van der Waals surface area contributed by atoms with E-state index in [4.69, 9.17) is 0 Å². The second kappa shape index (κ2) is 8.18. The van der Waals surface area contributed by atoms with Crippen molar-refractivity contribution in [3.8, 4) is 11.4 Å². The van der Waals surface area contributed by atoms with E-state index in [9.17, 15) is 13.2 Å². The van der Waals surface area contributed by atoms with Crippen LogP contribution >= 0.6 is 0 Å². The Balaban J connectivity index is 1.36. The highest BCUT2D eigenvalue weighted by Gasteiger charge is 2.31. The highest BCUT2D eigenvalue weighted by atomic mass is 32.2. The predicted octanol–water partition coefficient (Wildman–Crippen LogP) is 3.78. The average Bonchev–Trinajstić information content (AvgIpc) is 3.47. The molecular formula is C24H21N5O3S. The summed E-state index contributed by atoms with van der Waals surface area (Å²) >= 11 is 0. The van der Waals surface area contributed by atoms with Crippen LogP contribution in [0.3, 0.4) is 0 Å². The van der Waals surface area contributed by atoms with Crippen LogP contribution < -0.4 is 9.62 Å². The van der Waals surface area contributed by atoms with Gasteiger partial charge in [-0.2, -0.15) is 4.98 Å². The van der Waals surface area contributed by atoms with Crippen LogP contribution in [0.4, 0.5) is 11.6 Å². The first kappa shape index (κ1) is 20.9. The third kappa shape index (κ3) is 3.98. The Morgan fingerprint density at radius 3 is 2.64 bits per heavy atom. The van der Waals surface area contributed by atoms with Crippen LogP contribution in [0.1, 0.15) is 21.5 Å². The molecule has 5 rings (SSSR count). The van der Waals surface area contributed by atoms with Crippen molar-refractivity contribution in [2.75, 3.05) is 16.2 Å². The van der Waals surface area contributed by atoms with E-state index in [1.54, 1.807) is 18.2 Å². The van der Waals surface area contributed by atoms with Crippen molar-refractivity contribution in [3.63, 3.8) is 0 Å². The molecule has 0 aliphatic carbocycles. The molecule has 0 spiro atoms. The number of anilines is 2. The summed E-state index contributed by atoms with van der Waals surface area (Å²) in [6.45, 7) is 2.36. The largest absolute Gasteiger partial charge is 0.289 e. The first-order chi connectivity index (χ1) is 15.9. The number of aromatic nitrogens is 3. The minimum absolute atomic E-state index is 0.0576. The van der Waals surface area contributed by atoms with Crippen molar-refractivity contribution in [1.82, 2.24) is 15.2 Å². The second-order valence-electron chi connectivity index (χ2n) is 7.81. The first-order valence-corrected chi connectivity index (χ1v) is 11.9. The van der Waals surface area contributed by atoms with Crippen molar-refractivity contribution >= 4 is 27.6 Å². The van der Waals surface area contributed by atoms with E-state index in [0.29, 0.717) is 24.5 Å². The number of aromatic amines is 1. The maximum atomic E-state index is 13.3. The average molecular weight is 460 g/mol. The fraction of sp³-hybridized carbons (Fsp3) is 0.125. The summed E-state index contributed by atoms with van der Waals surface area (Å²) in [6.07, 6.45) is 0.656. The number of hydrogen-bond acceptors (Lipinski definition) is 5. The zero-order chi connectivity index (χ0) is 23.0. The third-order valence-corrected chi connectivity index (χ3v) is 7.37. The Bertz CT molecular complexity index is 1440. The molecule has 1 amide bonds. The molecule has 0 bridgehead atoms. The molecule has 2 N–H and O–H groups in total. The molecule has 9 heteroatoms. The molecule has 0 unspecified atom stereocenters. The van der Waals surface area contributed by atoms with E-state index < -0.39 is 15.9 Å². The zero-order valence-electron chi connectivity index (χ0n) is 17.8. The van der Waals surface area contributed by atoms with Gasteiger partial charge in [-0.3, -0.25) is 19.5 Å². The van der Waals surface area contributed by atoms with Crippen LogP contribution in [0.25, 0.3) is 11.4 Å². The molecule has 4 aromatic rings. The first-order valence-electron chi connectivity index (χ1n) is 10.4. The molecule has 0 fully saturated rings. The van der Waals surface area contributed by atoms with Gasteiger partial charge in [0.05, 0.1) is 10.6 Å². The van der Waals surface area contributed by atoms with Gasteiger partial charge in [0.2, 0.25) is 5.95 Å². The Hall–Kier alpha value is -3.98. The molecular weight excluding hydrogens is 438 g/mol. The number of aryl methyl sites for hydroxylation is 1. The standard InChI is InChI=1S/C24H21N5O3S/c1-16-9-11-18(12-10-16)22-25-24(28-27-22)26-23(30)19-6-4-7-20(15-19)33(31,32)29-14-13-17-5-2-3-8-21(17)29/h2-12,15H,13-14H2,1H3,(H2,25,26,27,28,30). The summed E-state index contributed by atoms with van der Waals surface area (Å²) < 4.78 is 27.9. The number of nitrogens with zero attached hydrogens (tertiary/aromatic N) is 3. The molecule has 33 heavy (non-hydrogen) atoms. The molecule has 1 aliphatic heterocycles. The topological polar surface area (TPSA) is 108 Å². The van der Waals surface area contributed by atoms with Crippen molar-refractivity contribution in [1.29, 1.82) is 0 Å². The SMILES string of the molecule is Cc1ccc(-c2nc(NC(=O)c3cccc(S(=O)(=O)N4CCc5ccccc54)c3)n[nH]2)cc1. The van der Waals surface area contributed by atoms with E-state index in [2.05, 4.69) is 20.5 Å². The number of sulfonamides is 1. The lowest BCUT2D eigenvalue weighted by atomic mass is 10.1. The number of benzene rings is 3. The Labute approximate surface area is 191 Å². The molecule has 1 aromatic heterocycles. The van der Waals surface area contributed by atoms with Gasteiger partial charge in [-0.15, -0.1) is 5.10 Å². The van der Waals surface area contributed by atoms with Gasteiger partial charge in [-0.05, 0) is 43.2 Å². The number of carbonyl (C=O) groups excluding carboxylic acids is 1. The summed E-state index contributed by atoms with van der Waals surface area (Å²) in [5, 5.41) is 9.47. The van der Waals surface area contributed by atoms with E-state index >= 15 is 0 Å². The maximum absolute atomic E-state index is 13.3. The van der Waals surface area contributed by atoms with E-state index in [1.807, 2.05) is 49.4 Å². The summed E-state index contributed by atoms with van der Waals surface area (Å²) in [5.41, 5.74) is 3.83. The number of nitrogens with one attached hydrogen (secondary N) is 2. The third-order valence-electron chi connectivity index (χ3n) is 5.56. The van der Waals surface area contributed by atoms with E-state index in [-0.39, 0.29) is 16.4 Å². The predicted molar refractivity (Wildman–Crippen MR) is 126 cm³/mol. The summed E-state index contributed by atoms with van der Waals surface area (Å²) in [6, 6.07) is 21.2. The summed E-state index contributed by atoms with van der Waals surface area (Å²) in [4.78, 5) is 17.2. The molecule has 166 valence electrons. The molecule has 0 saturated heterocycles. The fourth-order valence-corrected chi connectivity index (χ4v) is 5.36. The summed E-state index contributed by atoms with van der Waals surface area (Å²) in [5.74, 6) is 0.134. The van der Waals surface area contributed by atoms with Crippen molar-refractivity contribution in [3.05, 3.63) is 89.5 Å². The van der Waals surface area contributed by atoms with Gasteiger partial charge in [0.25, 0.3) is 15.9 Å². The van der Waals surface area contributed by atoms with Crippen molar-refractivity contribution in [2.24, 2.45) is 0 Å². The maximum Gasteiger partial charge on any atom is 0.264 e. The lowest BCUT2D eigenvalue weighted by Crippen LogP contribution is -2.29. The molecule has 0 radical (unpaired) electrons. The van der Waals surface area contributed by atoms with Gasteiger partial charge in [0.1, 0.15) is 0 Å². The zero-order valence-corrected chi connectivity index (χ0v) is 18.6. The van der Waals surface area contributed by atoms with Crippen LogP contribution in [-0.4, -0.2) is 36.1 Å². The Morgan fingerprint density at radius 1 is 1.03 bits per heavy atom. The van der Waals surface area contributed by atoms with Crippen LogP contribution in [-0.2, 0) is 16.4 Å². The number of carbonyl (C=O) groups is 1. The number of para-hydroxylation sites is 1. The highest BCUT2D eigenvalue weighted by Crippen LogP contribution is 2.32. The number of amides is 1. The minimum Gasteiger partial charge on any atom is -0.289 e. The number of fused-ring (bicyclic) bond motifs is 1. The lowest BCUT2D eigenvalue weighted by Gasteiger charge is -2.19. The van der Waals surface area contributed by atoms with Gasteiger partial charge in [0, 0.05) is 17.7 Å². The van der Waals surface area contributed by atoms with Crippen LogP contribution in [0, 0.1) is 6.92 Å². The molecule has 8 nitrogen and oxygen atoms in total. The van der Waals surface area contributed by atoms with Gasteiger partial charge in [-0.1, -0.05) is 54.1 Å². The lowest BCUT2D eigenvalue weighted by molar-refractivity contribution is 0.102. The van der Waals surface area contributed by atoms with Gasteiger partial charge < -0.3 is 0 Å². The molecule has 3 aromatic carbocycles. The molecule has 0 atom stereocenters. The number of hydrogen-bond donors (Lipinski definition) is 2. The van der Waals surface area contributed by atoms with Gasteiger partial charge in [-0.25, -0.2) is 8.42 Å². The van der Waals surface area contributed by atoms with Crippen molar-refractivity contribution < 1.29 is 13.2 Å². The van der Waals surface area contributed by atoms with E-state index in [1.165, 1.54) is 16.4 Å². The highest BCUT2D eigenvalue weighted by molar-refractivity contribution is 7.92. The van der Waals surface area contributed by atoms with Crippen LogP contribution in [0.5, 0.6) is 0 Å². The Morgan fingerprint density at radius 2 is 1.82 bits per heavy atom. The smallest absolute Gasteiger partial charge is 0.264 e. The Kier molecular flexibility index (Phi) is 5.18. The molecule has 0 saturated carbocycles. The van der Waals surface area contributed by atoms with E-state index in [0.717, 1.165) is 16.7 Å². The number of rotatable bonds is 5. The number of H-pyrrole nitrogens is 1. The van der Waals surface area contributed by atoms with Gasteiger partial charge in [0.15, 0.2) is 5.82 Å². The monoisotopic (exact) mass is 459 g/mol. The van der Waals surface area contributed by atoms with Crippen molar-refractivity contribution in [2.45, 2.75) is 18.2 Å². The minimum atomic E-state index is -3.80. The van der Waals surface area contributed by atoms with Crippen LogP contribution in [0.2, 0.25) is 0 Å². The fourth-order valence-electron chi connectivity index (χ4n) is 3.81. The molecule has 1 aliphatic rings. The quantitative estimate of drug-likeness (QED) is 0.472. The summed E-state index contributed by atoms with van der Waals surface area (Å²) in [7, 11) is -3.80. The van der Waals surface area contributed by atoms with Crippen LogP contribution in [0.15, 0.2) is 77.7 Å². The second-order valence-corrected chi connectivity index (χ2v) is 9.67.